The van der Waals surface area contributed by atoms with E-state index in [0.29, 0.717) is 0 Å². The van der Waals surface area contributed by atoms with Crippen LogP contribution >= 0.6 is 11.8 Å². The first-order valence-electron chi connectivity index (χ1n) is 5.19. The lowest BCUT2D eigenvalue weighted by Gasteiger charge is -2.09. The Balaban J connectivity index is 2.00. The summed E-state index contributed by atoms with van der Waals surface area (Å²) in [5.41, 5.74) is 0. The molecule has 76 valence electrons. The second-order valence-corrected chi connectivity index (χ2v) is 5.08. The molecule has 1 aliphatic carbocycles. The monoisotopic (exact) mass is 208 g/mol. The molecule has 1 saturated carbocycles. The summed E-state index contributed by atoms with van der Waals surface area (Å²) < 4.78 is 5.21. The first-order chi connectivity index (χ1) is 6.88. The van der Waals surface area contributed by atoms with E-state index < -0.39 is 0 Å². The van der Waals surface area contributed by atoms with Crippen LogP contribution in [0, 0.1) is 0 Å². The van der Waals surface area contributed by atoms with Crippen molar-refractivity contribution in [3.05, 3.63) is 24.3 Å². The fourth-order valence-electron chi connectivity index (χ4n) is 1.87. The third-order valence-electron chi connectivity index (χ3n) is 2.65. The summed E-state index contributed by atoms with van der Waals surface area (Å²) in [6.45, 7) is 0. The average molecular weight is 208 g/mol. The fraction of sp³-hybridized carbons (Fsp3) is 0.500. The summed E-state index contributed by atoms with van der Waals surface area (Å²) in [5.74, 6) is 0.966. The zero-order chi connectivity index (χ0) is 9.80. The van der Waals surface area contributed by atoms with E-state index >= 15 is 0 Å². The molecule has 2 heteroatoms. The lowest BCUT2D eigenvalue weighted by Crippen LogP contribution is -1.93. The van der Waals surface area contributed by atoms with E-state index in [-0.39, 0.29) is 0 Å². The molecule has 0 spiro atoms. The number of methoxy groups -OCH3 is 1. The van der Waals surface area contributed by atoms with Crippen LogP contribution in [0.4, 0.5) is 0 Å². The summed E-state index contributed by atoms with van der Waals surface area (Å²) in [4.78, 5) is 1.34. The molecule has 14 heavy (non-hydrogen) atoms. The Morgan fingerprint density at radius 2 is 2.07 bits per heavy atom. The van der Waals surface area contributed by atoms with Crippen LogP contribution in [0.15, 0.2) is 29.2 Å². The summed E-state index contributed by atoms with van der Waals surface area (Å²) in [5, 5.41) is 0.835. The Labute approximate surface area is 89.9 Å². The Morgan fingerprint density at radius 3 is 2.79 bits per heavy atom. The molecule has 0 unspecified atom stereocenters. The Morgan fingerprint density at radius 1 is 1.29 bits per heavy atom. The van der Waals surface area contributed by atoms with Crippen LogP contribution < -0.4 is 4.74 Å². The van der Waals surface area contributed by atoms with Crippen LogP contribution in [-0.2, 0) is 0 Å². The van der Waals surface area contributed by atoms with Crippen molar-refractivity contribution >= 4 is 11.8 Å². The smallest absolute Gasteiger partial charge is 0.119 e. The Hall–Kier alpha value is -0.630. The van der Waals surface area contributed by atoms with Gasteiger partial charge in [-0.2, -0.15) is 0 Å². The van der Waals surface area contributed by atoms with Gasteiger partial charge in [0.2, 0.25) is 0 Å². The zero-order valence-corrected chi connectivity index (χ0v) is 9.35. The molecular formula is C12H16OS. The minimum Gasteiger partial charge on any atom is -0.497 e. The van der Waals surface area contributed by atoms with Crippen LogP contribution in [0.25, 0.3) is 0 Å². The van der Waals surface area contributed by atoms with Crippen LogP contribution in [0.3, 0.4) is 0 Å². The number of ether oxygens (including phenoxy) is 1. The summed E-state index contributed by atoms with van der Waals surface area (Å²) >= 11 is 2.00. The quantitative estimate of drug-likeness (QED) is 0.748. The summed E-state index contributed by atoms with van der Waals surface area (Å²) in [6.07, 6.45) is 5.56. The summed E-state index contributed by atoms with van der Waals surface area (Å²) in [7, 11) is 1.72. The van der Waals surface area contributed by atoms with Crippen molar-refractivity contribution in [3.8, 4) is 5.75 Å². The average Bonchev–Trinajstić information content (AvgIpc) is 2.71. The Kier molecular flexibility index (Phi) is 3.35. The maximum absolute atomic E-state index is 5.21. The van der Waals surface area contributed by atoms with Crippen LogP contribution in [0.2, 0.25) is 0 Å². The normalized spacial score (nSPS) is 17.2. The van der Waals surface area contributed by atoms with Crippen LogP contribution in [-0.4, -0.2) is 12.4 Å². The first kappa shape index (κ1) is 9.91. The molecule has 0 amide bonds. The van der Waals surface area contributed by atoms with Gasteiger partial charge in [0, 0.05) is 10.1 Å². The van der Waals surface area contributed by atoms with Gasteiger partial charge < -0.3 is 4.74 Å². The highest BCUT2D eigenvalue weighted by Crippen LogP contribution is 2.35. The van der Waals surface area contributed by atoms with Gasteiger partial charge in [0.1, 0.15) is 5.75 Å². The van der Waals surface area contributed by atoms with E-state index in [4.69, 9.17) is 4.74 Å². The molecule has 2 rings (SSSR count). The predicted octanol–water partition coefficient (Wildman–Crippen LogP) is 3.73. The molecule has 0 saturated heterocycles. The second kappa shape index (κ2) is 4.74. The lowest BCUT2D eigenvalue weighted by atomic mass is 10.3. The molecule has 0 heterocycles. The van der Waals surface area contributed by atoms with E-state index in [1.54, 1.807) is 7.11 Å². The van der Waals surface area contributed by atoms with Gasteiger partial charge in [0.25, 0.3) is 0 Å². The second-order valence-electron chi connectivity index (χ2n) is 3.70. The van der Waals surface area contributed by atoms with Gasteiger partial charge in [-0.3, -0.25) is 0 Å². The van der Waals surface area contributed by atoms with Gasteiger partial charge in [0.05, 0.1) is 7.11 Å². The van der Waals surface area contributed by atoms with E-state index in [2.05, 4.69) is 18.2 Å². The highest BCUT2D eigenvalue weighted by molar-refractivity contribution is 8.00. The molecule has 0 atom stereocenters. The molecular weight excluding hydrogens is 192 g/mol. The van der Waals surface area contributed by atoms with E-state index in [1.165, 1.54) is 30.6 Å². The molecule has 1 aromatic carbocycles. The van der Waals surface area contributed by atoms with Crippen LogP contribution in [0.5, 0.6) is 5.75 Å². The number of hydrogen-bond acceptors (Lipinski definition) is 2. The maximum atomic E-state index is 5.21. The topological polar surface area (TPSA) is 9.23 Å². The van der Waals surface area contributed by atoms with Gasteiger partial charge >= 0.3 is 0 Å². The van der Waals surface area contributed by atoms with Crippen molar-refractivity contribution in [2.45, 2.75) is 35.8 Å². The molecule has 1 aliphatic rings. The van der Waals surface area contributed by atoms with Crippen molar-refractivity contribution in [1.29, 1.82) is 0 Å². The first-order valence-corrected chi connectivity index (χ1v) is 6.07. The standard InChI is InChI=1S/C12H16OS/c1-13-10-5-4-8-12(9-10)14-11-6-2-3-7-11/h4-5,8-9,11H,2-3,6-7H2,1H3. The molecule has 0 aromatic heterocycles. The van der Waals surface area contributed by atoms with Crippen molar-refractivity contribution in [1.82, 2.24) is 0 Å². The number of benzene rings is 1. The number of rotatable bonds is 3. The maximum Gasteiger partial charge on any atom is 0.119 e. The number of hydrogen-bond donors (Lipinski definition) is 0. The van der Waals surface area contributed by atoms with Crippen molar-refractivity contribution in [2.75, 3.05) is 7.11 Å². The van der Waals surface area contributed by atoms with Gasteiger partial charge in [-0.25, -0.2) is 0 Å². The van der Waals surface area contributed by atoms with Gasteiger partial charge in [-0.05, 0) is 31.0 Å². The largest absolute Gasteiger partial charge is 0.497 e. The SMILES string of the molecule is COc1cccc(SC2CCCC2)c1. The number of thioether (sulfide) groups is 1. The summed E-state index contributed by atoms with van der Waals surface area (Å²) in [6, 6.07) is 8.36. The molecule has 0 bridgehead atoms. The molecule has 0 aliphatic heterocycles. The Bertz CT molecular complexity index is 292. The van der Waals surface area contributed by atoms with Crippen LogP contribution in [0.1, 0.15) is 25.7 Å². The van der Waals surface area contributed by atoms with E-state index in [0.717, 1.165) is 11.0 Å². The highest BCUT2D eigenvalue weighted by Gasteiger charge is 2.15. The lowest BCUT2D eigenvalue weighted by molar-refractivity contribution is 0.413. The third-order valence-corrected chi connectivity index (χ3v) is 3.98. The minimum atomic E-state index is 0.835. The van der Waals surface area contributed by atoms with Crippen molar-refractivity contribution in [3.63, 3.8) is 0 Å². The molecule has 1 nitrogen and oxygen atoms in total. The highest BCUT2D eigenvalue weighted by atomic mass is 32.2. The van der Waals surface area contributed by atoms with Gasteiger partial charge in [-0.15, -0.1) is 11.8 Å². The van der Waals surface area contributed by atoms with Crippen molar-refractivity contribution in [2.24, 2.45) is 0 Å². The molecule has 0 radical (unpaired) electrons. The molecule has 1 fully saturated rings. The van der Waals surface area contributed by atoms with E-state index in [9.17, 15) is 0 Å². The van der Waals surface area contributed by atoms with Crippen molar-refractivity contribution < 1.29 is 4.74 Å². The molecule has 0 N–H and O–H groups in total. The third kappa shape index (κ3) is 2.44. The minimum absolute atomic E-state index is 0.835. The zero-order valence-electron chi connectivity index (χ0n) is 8.53. The predicted molar refractivity (Wildman–Crippen MR) is 61.1 cm³/mol. The van der Waals surface area contributed by atoms with Gasteiger partial charge in [-0.1, -0.05) is 18.9 Å². The molecule has 1 aromatic rings. The van der Waals surface area contributed by atoms with E-state index in [1.807, 2.05) is 17.8 Å². The van der Waals surface area contributed by atoms with Gasteiger partial charge in [0.15, 0.2) is 0 Å². The fourth-order valence-corrected chi connectivity index (χ4v) is 3.17.